The summed E-state index contributed by atoms with van der Waals surface area (Å²) in [6, 6.07) is 5.15. The summed E-state index contributed by atoms with van der Waals surface area (Å²) in [5.41, 5.74) is 0.545. The SMILES string of the molecule is COc1ccc(F)c(NC2CCCSC2C)c1. The third kappa shape index (κ3) is 3.06. The minimum absolute atomic E-state index is 0.214. The molecule has 94 valence electrons. The molecule has 1 fully saturated rings. The van der Waals surface area contributed by atoms with Crippen molar-refractivity contribution in [3.8, 4) is 5.75 Å². The number of hydrogen-bond acceptors (Lipinski definition) is 3. The van der Waals surface area contributed by atoms with Gasteiger partial charge in [-0.2, -0.15) is 11.8 Å². The highest BCUT2D eigenvalue weighted by Gasteiger charge is 2.22. The fourth-order valence-corrected chi connectivity index (χ4v) is 3.20. The van der Waals surface area contributed by atoms with Crippen molar-refractivity contribution in [2.24, 2.45) is 0 Å². The predicted molar refractivity (Wildman–Crippen MR) is 71.5 cm³/mol. The third-order valence-corrected chi connectivity index (χ3v) is 4.50. The number of thioether (sulfide) groups is 1. The van der Waals surface area contributed by atoms with Gasteiger partial charge in [0.05, 0.1) is 12.8 Å². The van der Waals surface area contributed by atoms with Gasteiger partial charge in [-0.3, -0.25) is 0 Å². The molecule has 1 aliphatic heterocycles. The first-order valence-corrected chi connectivity index (χ1v) is 6.97. The van der Waals surface area contributed by atoms with Gasteiger partial charge < -0.3 is 10.1 Å². The average molecular weight is 255 g/mol. The highest BCUT2D eigenvalue weighted by atomic mass is 32.2. The molecule has 0 radical (unpaired) electrons. The van der Waals surface area contributed by atoms with Crippen LogP contribution in [0.4, 0.5) is 10.1 Å². The molecule has 0 bridgehead atoms. The number of ether oxygens (including phenoxy) is 1. The van der Waals surface area contributed by atoms with Crippen molar-refractivity contribution in [2.45, 2.75) is 31.1 Å². The molecule has 17 heavy (non-hydrogen) atoms. The van der Waals surface area contributed by atoms with E-state index >= 15 is 0 Å². The minimum atomic E-state index is -0.214. The van der Waals surface area contributed by atoms with E-state index in [2.05, 4.69) is 12.2 Å². The van der Waals surface area contributed by atoms with Crippen LogP contribution in [0, 0.1) is 5.82 Å². The van der Waals surface area contributed by atoms with E-state index < -0.39 is 0 Å². The summed E-state index contributed by atoms with van der Waals surface area (Å²) in [7, 11) is 1.59. The molecule has 1 aromatic rings. The molecular formula is C13H18FNOS. The van der Waals surface area contributed by atoms with Crippen LogP contribution in [-0.4, -0.2) is 24.2 Å². The number of anilines is 1. The van der Waals surface area contributed by atoms with E-state index in [0.29, 0.717) is 22.7 Å². The number of hydrogen-bond donors (Lipinski definition) is 1. The molecule has 0 amide bonds. The van der Waals surface area contributed by atoms with Crippen molar-refractivity contribution in [3.63, 3.8) is 0 Å². The van der Waals surface area contributed by atoms with Crippen LogP contribution in [0.25, 0.3) is 0 Å². The van der Waals surface area contributed by atoms with Gasteiger partial charge in [-0.1, -0.05) is 6.92 Å². The van der Waals surface area contributed by atoms with Gasteiger partial charge in [0, 0.05) is 17.4 Å². The normalized spacial score (nSPS) is 24.4. The Morgan fingerprint density at radius 1 is 1.47 bits per heavy atom. The van der Waals surface area contributed by atoms with E-state index in [9.17, 15) is 4.39 Å². The first-order chi connectivity index (χ1) is 8.20. The molecule has 2 rings (SSSR count). The number of methoxy groups -OCH3 is 1. The summed E-state index contributed by atoms with van der Waals surface area (Å²) in [5.74, 6) is 1.68. The lowest BCUT2D eigenvalue weighted by atomic mass is 10.1. The second-order valence-corrected chi connectivity index (χ2v) is 5.80. The quantitative estimate of drug-likeness (QED) is 0.892. The summed E-state index contributed by atoms with van der Waals surface area (Å²) in [5, 5.41) is 3.82. The van der Waals surface area contributed by atoms with Crippen LogP contribution in [0.3, 0.4) is 0 Å². The van der Waals surface area contributed by atoms with E-state index in [4.69, 9.17) is 4.74 Å². The van der Waals surface area contributed by atoms with Crippen molar-refractivity contribution >= 4 is 17.4 Å². The Hall–Kier alpha value is -0.900. The fourth-order valence-electron chi connectivity index (χ4n) is 2.05. The van der Waals surface area contributed by atoms with Crippen LogP contribution in [-0.2, 0) is 0 Å². The monoisotopic (exact) mass is 255 g/mol. The van der Waals surface area contributed by atoms with Gasteiger partial charge in [-0.15, -0.1) is 0 Å². The maximum Gasteiger partial charge on any atom is 0.146 e. The van der Waals surface area contributed by atoms with Crippen LogP contribution < -0.4 is 10.1 Å². The molecular weight excluding hydrogens is 237 g/mol. The summed E-state index contributed by atoms with van der Waals surface area (Å²) in [6.45, 7) is 2.19. The highest BCUT2D eigenvalue weighted by molar-refractivity contribution is 8.00. The van der Waals surface area contributed by atoms with Crippen LogP contribution in [0.1, 0.15) is 19.8 Å². The van der Waals surface area contributed by atoms with E-state index in [0.717, 1.165) is 6.42 Å². The number of rotatable bonds is 3. The van der Waals surface area contributed by atoms with Crippen molar-refractivity contribution in [3.05, 3.63) is 24.0 Å². The van der Waals surface area contributed by atoms with E-state index in [1.54, 1.807) is 19.2 Å². The molecule has 1 saturated heterocycles. The predicted octanol–water partition coefficient (Wildman–Crippen LogP) is 3.53. The lowest BCUT2D eigenvalue weighted by Gasteiger charge is -2.30. The maximum atomic E-state index is 13.7. The molecule has 1 aliphatic rings. The zero-order chi connectivity index (χ0) is 12.3. The van der Waals surface area contributed by atoms with Gasteiger partial charge in [-0.05, 0) is 30.7 Å². The molecule has 4 heteroatoms. The van der Waals surface area contributed by atoms with Crippen molar-refractivity contribution in [1.82, 2.24) is 0 Å². The fraction of sp³-hybridized carbons (Fsp3) is 0.538. The molecule has 2 nitrogen and oxygen atoms in total. The summed E-state index contributed by atoms with van der Waals surface area (Å²) >= 11 is 1.95. The van der Waals surface area contributed by atoms with Gasteiger partial charge in [-0.25, -0.2) is 4.39 Å². The Balaban J connectivity index is 2.11. The van der Waals surface area contributed by atoms with E-state index in [-0.39, 0.29) is 5.82 Å². The van der Waals surface area contributed by atoms with Crippen molar-refractivity contribution < 1.29 is 9.13 Å². The van der Waals surface area contributed by atoms with Crippen molar-refractivity contribution in [1.29, 1.82) is 0 Å². The van der Waals surface area contributed by atoms with E-state index in [1.807, 2.05) is 11.8 Å². The molecule has 2 atom stereocenters. The Morgan fingerprint density at radius 3 is 3.00 bits per heavy atom. The summed E-state index contributed by atoms with van der Waals surface area (Å²) in [6.07, 6.45) is 2.29. The molecule has 1 N–H and O–H groups in total. The molecule has 0 spiro atoms. The van der Waals surface area contributed by atoms with Crippen LogP contribution >= 0.6 is 11.8 Å². The van der Waals surface area contributed by atoms with Crippen LogP contribution in [0.5, 0.6) is 5.75 Å². The molecule has 0 aromatic heterocycles. The van der Waals surface area contributed by atoms with Gasteiger partial charge in [0.15, 0.2) is 0 Å². The van der Waals surface area contributed by atoms with Crippen molar-refractivity contribution in [2.75, 3.05) is 18.2 Å². The standard InChI is InChI=1S/C13H18FNOS/c1-9-12(4-3-7-17-9)15-13-8-10(16-2)5-6-11(13)14/h5-6,8-9,12,15H,3-4,7H2,1-2H3. The average Bonchev–Trinajstić information content (AvgIpc) is 2.35. The number of nitrogens with one attached hydrogen (secondary N) is 1. The number of halogens is 1. The summed E-state index contributed by atoms with van der Waals surface area (Å²) < 4.78 is 18.8. The second kappa shape index (κ2) is 5.63. The van der Waals surface area contributed by atoms with E-state index in [1.165, 1.54) is 18.2 Å². The van der Waals surface area contributed by atoms with Gasteiger partial charge in [0.1, 0.15) is 11.6 Å². The van der Waals surface area contributed by atoms with Gasteiger partial charge in [0.2, 0.25) is 0 Å². The maximum absolute atomic E-state index is 13.7. The third-order valence-electron chi connectivity index (χ3n) is 3.12. The Morgan fingerprint density at radius 2 is 2.29 bits per heavy atom. The largest absolute Gasteiger partial charge is 0.497 e. The Bertz CT molecular complexity index is 386. The molecule has 0 aliphatic carbocycles. The lowest BCUT2D eigenvalue weighted by Crippen LogP contribution is -2.33. The second-order valence-electron chi connectivity index (χ2n) is 4.31. The van der Waals surface area contributed by atoms with Crippen LogP contribution in [0.15, 0.2) is 18.2 Å². The zero-order valence-electron chi connectivity index (χ0n) is 10.2. The molecule has 2 unspecified atom stereocenters. The van der Waals surface area contributed by atoms with Gasteiger partial charge in [0.25, 0.3) is 0 Å². The number of benzene rings is 1. The summed E-state index contributed by atoms with van der Waals surface area (Å²) in [4.78, 5) is 0. The Kier molecular flexibility index (Phi) is 4.15. The molecule has 1 heterocycles. The highest BCUT2D eigenvalue weighted by Crippen LogP contribution is 2.29. The smallest absolute Gasteiger partial charge is 0.146 e. The van der Waals surface area contributed by atoms with Gasteiger partial charge >= 0.3 is 0 Å². The Labute approximate surface area is 106 Å². The zero-order valence-corrected chi connectivity index (χ0v) is 11.0. The molecule has 0 saturated carbocycles. The lowest BCUT2D eigenvalue weighted by molar-refractivity contribution is 0.414. The minimum Gasteiger partial charge on any atom is -0.497 e. The van der Waals surface area contributed by atoms with Crippen LogP contribution in [0.2, 0.25) is 0 Å². The topological polar surface area (TPSA) is 21.3 Å². The first kappa shape index (κ1) is 12.6. The molecule has 1 aromatic carbocycles. The first-order valence-electron chi connectivity index (χ1n) is 5.92.